The molecule has 1 aromatic heterocycles. The Balaban J connectivity index is 1.27. The first-order valence-electron chi connectivity index (χ1n) is 11.5. The molecule has 0 amide bonds. The van der Waals surface area contributed by atoms with Crippen molar-refractivity contribution in [3.05, 3.63) is 58.7 Å². The minimum absolute atomic E-state index is 0.387. The van der Waals surface area contributed by atoms with Crippen LogP contribution in [0.15, 0.2) is 42.6 Å². The average molecular weight is 496 g/mol. The van der Waals surface area contributed by atoms with E-state index in [4.69, 9.17) is 16.3 Å². The number of hydrogen-bond donors (Lipinski definition) is 2. The highest BCUT2D eigenvalue weighted by Gasteiger charge is 2.52. The van der Waals surface area contributed by atoms with E-state index in [-0.39, 0.29) is 0 Å². The summed E-state index contributed by atoms with van der Waals surface area (Å²) < 4.78 is 18.6. The molecule has 34 heavy (non-hydrogen) atoms. The molecule has 1 saturated heterocycles. The average Bonchev–Trinajstić information content (AvgIpc) is 3.43. The minimum atomic E-state index is -2.48. The normalized spacial score (nSPS) is 17.9. The third kappa shape index (κ3) is 3.96. The lowest BCUT2D eigenvalue weighted by Crippen LogP contribution is -2.48. The fourth-order valence-corrected chi connectivity index (χ4v) is 6.21. The predicted octanol–water partition coefficient (Wildman–Crippen LogP) is 5.50. The van der Waals surface area contributed by atoms with Crippen molar-refractivity contribution in [3.8, 4) is 0 Å². The molecule has 6 rings (SSSR count). The van der Waals surface area contributed by atoms with Crippen molar-refractivity contribution >= 4 is 52.9 Å². The van der Waals surface area contributed by atoms with Crippen molar-refractivity contribution in [1.29, 1.82) is 0 Å². The quantitative estimate of drug-likeness (QED) is 0.437. The first-order valence-corrected chi connectivity index (χ1v) is 14.5. The van der Waals surface area contributed by atoms with Crippen molar-refractivity contribution in [1.82, 2.24) is 9.97 Å². The molecule has 0 unspecified atom stereocenters. The van der Waals surface area contributed by atoms with E-state index in [1.165, 1.54) is 24.1 Å². The molecule has 2 fully saturated rings. The smallest absolute Gasteiger partial charge is 0.229 e. The van der Waals surface area contributed by atoms with Crippen LogP contribution < -0.4 is 20.8 Å². The number of halogens is 1. The molecule has 2 aliphatic heterocycles. The molecular formula is C25H27ClN5O2P. The van der Waals surface area contributed by atoms with Crippen LogP contribution in [-0.4, -0.2) is 36.4 Å². The number of nitrogens with zero attached hydrogens (tertiary/aromatic N) is 3. The van der Waals surface area contributed by atoms with Crippen LogP contribution in [0.2, 0.25) is 5.02 Å². The number of fused-ring (bicyclic) bond motifs is 1. The number of aromatic nitrogens is 2. The Labute approximate surface area is 204 Å². The minimum Gasteiger partial charge on any atom is -0.372 e. The maximum absolute atomic E-state index is 12.7. The Morgan fingerprint density at radius 1 is 1.03 bits per heavy atom. The zero-order valence-corrected chi connectivity index (χ0v) is 20.9. The summed E-state index contributed by atoms with van der Waals surface area (Å²) in [4.78, 5) is 11.5. The molecule has 1 aliphatic carbocycles. The molecule has 1 saturated carbocycles. The third-order valence-electron chi connectivity index (χ3n) is 6.98. The lowest BCUT2D eigenvalue weighted by molar-refractivity contribution is 0.134. The fourth-order valence-electron chi connectivity index (χ4n) is 4.91. The topological polar surface area (TPSA) is 79.4 Å². The van der Waals surface area contributed by atoms with Crippen molar-refractivity contribution in [2.24, 2.45) is 5.41 Å². The van der Waals surface area contributed by atoms with Gasteiger partial charge in [0, 0.05) is 46.3 Å². The summed E-state index contributed by atoms with van der Waals surface area (Å²) in [5.74, 6) is 0.892. The first-order chi connectivity index (χ1) is 16.3. The van der Waals surface area contributed by atoms with Gasteiger partial charge in [-0.15, -0.1) is 0 Å². The highest BCUT2D eigenvalue weighted by Crippen LogP contribution is 2.55. The maximum atomic E-state index is 12.7. The van der Waals surface area contributed by atoms with Gasteiger partial charge in [-0.05, 0) is 50.4 Å². The molecule has 0 bridgehead atoms. The lowest BCUT2D eigenvalue weighted by atomic mass is 9.94. The number of anilines is 5. The maximum Gasteiger partial charge on any atom is 0.229 e. The molecule has 3 aliphatic rings. The van der Waals surface area contributed by atoms with Gasteiger partial charge in [0.25, 0.3) is 0 Å². The number of rotatable bonds is 6. The van der Waals surface area contributed by atoms with E-state index in [0.717, 1.165) is 35.3 Å². The van der Waals surface area contributed by atoms with E-state index in [9.17, 15) is 4.57 Å². The summed E-state index contributed by atoms with van der Waals surface area (Å²) in [6.07, 6.45) is 4.30. The summed E-state index contributed by atoms with van der Waals surface area (Å²) >= 11 is 6.41. The van der Waals surface area contributed by atoms with E-state index in [1.54, 1.807) is 19.5 Å². The second kappa shape index (κ2) is 7.98. The van der Waals surface area contributed by atoms with Gasteiger partial charge in [0.05, 0.1) is 25.1 Å². The summed E-state index contributed by atoms with van der Waals surface area (Å²) in [5.41, 5.74) is 5.97. The second-order valence-electron chi connectivity index (χ2n) is 9.95. The monoisotopic (exact) mass is 495 g/mol. The number of ether oxygens (including phenoxy) is 1. The molecule has 0 atom stereocenters. The van der Waals surface area contributed by atoms with Gasteiger partial charge in [-0.25, -0.2) is 4.98 Å². The molecule has 3 aromatic rings. The van der Waals surface area contributed by atoms with Gasteiger partial charge in [-0.3, -0.25) is 0 Å². The number of nitrogens with one attached hydrogen (secondary N) is 2. The van der Waals surface area contributed by atoms with Crippen molar-refractivity contribution in [2.75, 3.05) is 42.0 Å². The Morgan fingerprint density at radius 3 is 2.56 bits per heavy atom. The summed E-state index contributed by atoms with van der Waals surface area (Å²) in [5, 5.41) is 7.75. The molecule has 3 heterocycles. The Bertz CT molecular complexity index is 1330. The summed E-state index contributed by atoms with van der Waals surface area (Å²) in [6, 6.07) is 11.8. The van der Waals surface area contributed by atoms with Gasteiger partial charge in [0.2, 0.25) is 5.95 Å². The van der Waals surface area contributed by atoms with Crippen LogP contribution in [0.3, 0.4) is 0 Å². The zero-order chi connectivity index (χ0) is 23.5. The van der Waals surface area contributed by atoms with E-state index in [0.29, 0.717) is 35.4 Å². The molecule has 2 aromatic carbocycles. The van der Waals surface area contributed by atoms with Crippen LogP contribution >= 0.6 is 18.7 Å². The van der Waals surface area contributed by atoms with E-state index in [2.05, 4.69) is 37.6 Å². The molecule has 7 nitrogen and oxygen atoms in total. The van der Waals surface area contributed by atoms with E-state index in [1.807, 2.05) is 24.3 Å². The van der Waals surface area contributed by atoms with Crippen molar-refractivity contribution < 1.29 is 9.30 Å². The Morgan fingerprint density at radius 2 is 1.79 bits per heavy atom. The third-order valence-corrected chi connectivity index (χ3v) is 8.80. The highest BCUT2D eigenvalue weighted by atomic mass is 35.5. The number of para-hydroxylation sites is 1. The van der Waals surface area contributed by atoms with Crippen LogP contribution in [0.5, 0.6) is 0 Å². The molecule has 176 valence electrons. The van der Waals surface area contributed by atoms with Gasteiger partial charge in [-0.2, -0.15) is 4.98 Å². The first kappa shape index (κ1) is 21.9. The number of hydrogen-bond acceptors (Lipinski definition) is 7. The predicted molar refractivity (Wildman–Crippen MR) is 138 cm³/mol. The van der Waals surface area contributed by atoms with Crippen LogP contribution in [-0.2, 0) is 22.5 Å². The molecular weight excluding hydrogens is 469 g/mol. The van der Waals surface area contributed by atoms with Crippen molar-refractivity contribution in [3.63, 3.8) is 0 Å². The van der Waals surface area contributed by atoms with Crippen LogP contribution in [0.1, 0.15) is 24.0 Å². The Kier molecular flexibility index (Phi) is 5.14. The van der Waals surface area contributed by atoms with E-state index >= 15 is 0 Å². The van der Waals surface area contributed by atoms with Gasteiger partial charge in [-0.1, -0.05) is 23.7 Å². The second-order valence-corrected chi connectivity index (χ2v) is 13.5. The fraction of sp³-hybridized carbons (Fsp3) is 0.360. The molecule has 0 radical (unpaired) electrons. The van der Waals surface area contributed by atoms with Crippen molar-refractivity contribution in [2.45, 2.75) is 26.1 Å². The zero-order valence-electron chi connectivity index (χ0n) is 19.3. The molecule has 9 heteroatoms. The largest absolute Gasteiger partial charge is 0.372 e. The van der Waals surface area contributed by atoms with Gasteiger partial charge in [0.15, 0.2) is 5.82 Å². The van der Waals surface area contributed by atoms with Gasteiger partial charge < -0.3 is 24.8 Å². The lowest BCUT2D eigenvalue weighted by Gasteiger charge is -2.42. The summed E-state index contributed by atoms with van der Waals surface area (Å²) in [7, 11) is -2.48. The SMILES string of the molecule is CP(C)(=O)c1ccccc1Nc1nc(Nc2ccc(N3CC4(CC4)C3)c3c2COC3)ncc1Cl. The standard InChI is InChI=1S/C25H27ClN5O2P/c1-34(2,32)22-6-4-3-5-20(22)28-23-18(26)11-27-24(30-23)29-19-7-8-21(17-13-33-12-16(17)19)31-14-25(15-31)9-10-25/h3-8,11H,9-10,12-15H2,1-2H3,(H2,27,28,29,30). The highest BCUT2D eigenvalue weighted by molar-refractivity contribution is 7.70. The van der Waals surface area contributed by atoms with Gasteiger partial charge >= 0.3 is 0 Å². The van der Waals surface area contributed by atoms with Crippen LogP contribution in [0.4, 0.5) is 28.8 Å². The Hall–Kier alpha value is -2.60. The molecule has 2 N–H and O–H groups in total. The number of benzene rings is 2. The summed E-state index contributed by atoms with van der Waals surface area (Å²) in [6.45, 7) is 7.01. The van der Waals surface area contributed by atoms with Gasteiger partial charge in [0.1, 0.15) is 12.2 Å². The molecule has 1 spiro atoms. The van der Waals surface area contributed by atoms with Crippen LogP contribution in [0, 0.1) is 5.41 Å². The van der Waals surface area contributed by atoms with E-state index < -0.39 is 7.14 Å². The van der Waals surface area contributed by atoms with Crippen LogP contribution in [0.25, 0.3) is 0 Å².